The number of aryl methyl sites for hydroxylation is 1. The van der Waals surface area contributed by atoms with Crippen molar-refractivity contribution in [2.24, 2.45) is 18.9 Å². The van der Waals surface area contributed by atoms with Gasteiger partial charge >= 0.3 is 0 Å². The molecule has 1 saturated carbocycles. The number of aromatic nitrogens is 4. The van der Waals surface area contributed by atoms with E-state index in [1.165, 1.54) is 0 Å². The quantitative estimate of drug-likeness (QED) is 0.862. The summed E-state index contributed by atoms with van der Waals surface area (Å²) in [7, 11) is 1.97. The number of anilines is 1. The predicted octanol–water partition coefficient (Wildman–Crippen LogP) is 1.48. The van der Waals surface area contributed by atoms with Crippen molar-refractivity contribution >= 4 is 11.9 Å². The number of likely N-dealkylation sites (tertiary alicyclic amines) is 1. The van der Waals surface area contributed by atoms with Crippen LogP contribution < -0.4 is 5.32 Å². The minimum absolute atomic E-state index is 0.215. The van der Waals surface area contributed by atoms with Gasteiger partial charge < -0.3 is 19.5 Å². The van der Waals surface area contributed by atoms with E-state index in [1.54, 1.807) is 6.33 Å². The normalized spacial score (nSPS) is 28.4. The van der Waals surface area contributed by atoms with Crippen LogP contribution in [0.25, 0.3) is 0 Å². The summed E-state index contributed by atoms with van der Waals surface area (Å²) in [5, 5.41) is 3.31. The van der Waals surface area contributed by atoms with E-state index in [0.717, 1.165) is 36.3 Å². The highest BCUT2D eigenvalue weighted by atomic mass is 16.5. The summed E-state index contributed by atoms with van der Waals surface area (Å²) in [4.78, 5) is 28.2. The van der Waals surface area contributed by atoms with Crippen LogP contribution in [0.2, 0.25) is 0 Å². The Balaban J connectivity index is 1.36. The van der Waals surface area contributed by atoms with Crippen LogP contribution in [0, 0.1) is 11.8 Å². The molecule has 0 bridgehead atoms. The molecule has 5 rings (SSSR count). The van der Waals surface area contributed by atoms with Gasteiger partial charge in [-0.15, -0.1) is 0 Å². The molecule has 8 nitrogen and oxygen atoms in total. The number of rotatable bonds is 4. The van der Waals surface area contributed by atoms with E-state index < -0.39 is 0 Å². The van der Waals surface area contributed by atoms with Gasteiger partial charge in [-0.3, -0.25) is 4.79 Å². The molecule has 4 heterocycles. The molecular formula is C20H26N6O2. The fraction of sp³-hybridized carbons (Fsp3) is 0.600. The number of imidazole rings is 1. The standard InChI is InChI=1S/C20H26N6O2/c1-13-5-16(13)18(27)26-4-3-20(10-26)11-28-9-14-6-22-19(24-17(14)20)23-8-15-7-21-12-25(15)2/h6-7,12-13,16H,3-5,8-11H2,1-2H3,(H,22,23,24)/t13-,16+,20-/m0/s1. The first-order chi connectivity index (χ1) is 13.6. The first-order valence-corrected chi connectivity index (χ1v) is 9.98. The number of fused-ring (bicyclic) bond motifs is 2. The minimum Gasteiger partial charge on any atom is -0.376 e. The molecule has 8 heteroatoms. The van der Waals surface area contributed by atoms with Crippen molar-refractivity contribution in [3.63, 3.8) is 0 Å². The van der Waals surface area contributed by atoms with Crippen LogP contribution >= 0.6 is 0 Å². The molecule has 28 heavy (non-hydrogen) atoms. The number of hydrogen-bond donors (Lipinski definition) is 1. The second-order valence-electron chi connectivity index (χ2n) is 8.52. The Morgan fingerprint density at radius 2 is 2.29 bits per heavy atom. The third-order valence-corrected chi connectivity index (χ3v) is 6.44. The Morgan fingerprint density at radius 1 is 1.43 bits per heavy atom. The summed E-state index contributed by atoms with van der Waals surface area (Å²) in [5.41, 5.74) is 2.93. The second-order valence-corrected chi connectivity index (χ2v) is 8.52. The lowest BCUT2D eigenvalue weighted by Crippen LogP contribution is -2.42. The first-order valence-electron chi connectivity index (χ1n) is 9.98. The molecule has 1 N–H and O–H groups in total. The zero-order chi connectivity index (χ0) is 19.3. The maximum absolute atomic E-state index is 12.7. The lowest BCUT2D eigenvalue weighted by molar-refractivity contribution is -0.132. The fourth-order valence-corrected chi connectivity index (χ4v) is 4.48. The smallest absolute Gasteiger partial charge is 0.225 e. The zero-order valence-electron chi connectivity index (χ0n) is 16.4. The Kier molecular flexibility index (Phi) is 4.12. The van der Waals surface area contributed by atoms with Gasteiger partial charge in [-0.1, -0.05) is 6.92 Å². The topological polar surface area (TPSA) is 85.2 Å². The van der Waals surface area contributed by atoms with E-state index in [9.17, 15) is 4.79 Å². The van der Waals surface area contributed by atoms with Crippen molar-refractivity contribution in [3.05, 3.63) is 35.7 Å². The van der Waals surface area contributed by atoms with Gasteiger partial charge in [0.05, 0.1) is 42.9 Å². The fourth-order valence-electron chi connectivity index (χ4n) is 4.48. The number of ether oxygens (including phenoxy) is 1. The number of hydrogen-bond acceptors (Lipinski definition) is 6. The van der Waals surface area contributed by atoms with Gasteiger partial charge in [0.2, 0.25) is 11.9 Å². The molecule has 1 aliphatic carbocycles. The minimum atomic E-state index is -0.215. The predicted molar refractivity (Wildman–Crippen MR) is 102 cm³/mol. The maximum Gasteiger partial charge on any atom is 0.225 e. The average Bonchev–Trinajstić information content (AvgIpc) is 3.08. The highest BCUT2D eigenvalue weighted by Crippen LogP contribution is 2.44. The lowest BCUT2D eigenvalue weighted by Gasteiger charge is -2.34. The van der Waals surface area contributed by atoms with E-state index in [4.69, 9.17) is 9.72 Å². The monoisotopic (exact) mass is 382 g/mol. The van der Waals surface area contributed by atoms with Crippen molar-refractivity contribution < 1.29 is 9.53 Å². The molecule has 1 spiro atoms. The van der Waals surface area contributed by atoms with Gasteiger partial charge in [-0.05, 0) is 18.8 Å². The highest BCUT2D eigenvalue weighted by Gasteiger charge is 2.49. The van der Waals surface area contributed by atoms with Crippen molar-refractivity contribution in [1.82, 2.24) is 24.4 Å². The SMILES string of the molecule is C[C@H]1C[C@H]1C(=O)N1CC[C@@]2(COCc3cnc(NCc4cncn4C)nc32)C1. The molecule has 2 fully saturated rings. The molecule has 0 unspecified atom stereocenters. The molecule has 3 atom stereocenters. The first kappa shape index (κ1) is 17.6. The van der Waals surface area contributed by atoms with E-state index in [-0.39, 0.29) is 11.3 Å². The summed E-state index contributed by atoms with van der Waals surface area (Å²) in [5.74, 6) is 1.67. The van der Waals surface area contributed by atoms with Crippen LogP contribution in [0.1, 0.15) is 36.7 Å². The summed E-state index contributed by atoms with van der Waals surface area (Å²) < 4.78 is 7.86. The molecule has 0 aromatic carbocycles. The van der Waals surface area contributed by atoms with Crippen molar-refractivity contribution in [2.75, 3.05) is 25.0 Å². The van der Waals surface area contributed by atoms with Gasteiger partial charge in [0.15, 0.2) is 0 Å². The Hall–Kier alpha value is -2.48. The number of amides is 1. The number of carbonyl (C=O) groups excluding carboxylic acids is 1. The van der Waals surface area contributed by atoms with Crippen LogP contribution in [-0.2, 0) is 35.1 Å². The number of carbonyl (C=O) groups is 1. The molecule has 148 valence electrons. The molecule has 1 saturated heterocycles. The molecule has 2 aromatic heterocycles. The number of nitrogens with zero attached hydrogens (tertiary/aromatic N) is 5. The van der Waals surface area contributed by atoms with Crippen LogP contribution in [0.5, 0.6) is 0 Å². The molecular weight excluding hydrogens is 356 g/mol. The molecule has 2 aliphatic heterocycles. The lowest BCUT2D eigenvalue weighted by atomic mass is 9.80. The molecule has 2 aromatic rings. The van der Waals surface area contributed by atoms with Crippen LogP contribution in [0.4, 0.5) is 5.95 Å². The maximum atomic E-state index is 12.7. The third kappa shape index (κ3) is 2.96. The van der Waals surface area contributed by atoms with Crippen molar-refractivity contribution in [1.29, 1.82) is 0 Å². The van der Waals surface area contributed by atoms with Crippen molar-refractivity contribution in [3.8, 4) is 0 Å². The van der Waals surface area contributed by atoms with Crippen molar-refractivity contribution in [2.45, 2.75) is 38.3 Å². The van der Waals surface area contributed by atoms with Gasteiger partial charge in [0.1, 0.15) is 0 Å². The summed E-state index contributed by atoms with van der Waals surface area (Å²) in [6.07, 6.45) is 7.40. The third-order valence-electron chi connectivity index (χ3n) is 6.44. The van der Waals surface area contributed by atoms with Crippen LogP contribution in [0.3, 0.4) is 0 Å². The molecule has 0 radical (unpaired) electrons. The summed E-state index contributed by atoms with van der Waals surface area (Å²) >= 11 is 0. The van der Waals surface area contributed by atoms with Gasteiger partial charge in [0, 0.05) is 44.0 Å². The van der Waals surface area contributed by atoms with Gasteiger partial charge in [0.25, 0.3) is 0 Å². The Labute approximate surface area is 164 Å². The van der Waals surface area contributed by atoms with Gasteiger partial charge in [-0.2, -0.15) is 0 Å². The second kappa shape index (κ2) is 6.55. The van der Waals surface area contributed by atoms with E-state index in [1.807, 2.05) is 28.9 Å². The van der Waals surface area contributed by atoms with Crippen LogP contribution in [0.15, 0.2) is 18.7 Å². The van der Waals surface area contributed by atoms with E-state index >= 15 is 0 Å². The summed E-state index contributed by atoms with van der Waals surface area (Å²) in [6.45, 7) is 5.39. The molecule has 1 amide bonds. The highest BCUT2D eigenvalue weighted by molar-refractivity contribution is 5.82. The largest absolute Gasteiger partial charge is 0.376 e. The van der Waals surface area contributed by atoms with Gasteiger partial charge in [-0.25, -0.2) is 15.0 Å². The summed E-state index contributed by atoms with van der Waals surface area (Å²) in [6, 6.07) is 0. The number of nitrogens with one attached hydrogen (secondary N) is 1. The zero-order valence-corrected chi connectivity index (χ0v) is 16.4. The Morgan fingerprint density at radius 3 is 3.04 bits per heavy atom. The van der Waals surface area contributed by atoms with E-state index in [2.05, 4.69) is 22.2 Å². The average molecular weight is 382 g/mol. The Bertz CT molecular complexity index is 912. The van der Waals surface area contributed by atoms with Crippen LogP contribution in [-0.4, -0.2) is 50.0 Å². The molecule has 3 aliphatic rings. The van der Waals surface area contributed by atoms with E-state index in [0.29, 0.717) is 44.1 Å².